The van der Waals surface area contributed by atoms with Crippen molar-refractivity contribution in [2.24, 2.45) is 7.05 Å². The normalized spacial score (nSPS) is 18.1. The van der Waals surface area contributed by atoms with Gasteiger partial charge in [0.1, 0.15) is 5.82 Å². The zero-order valence-electron chi connectivity index (χ0n) is 16.4. The first-order chi connectivity index (χ1) is 13.7. The molecule has 0 unspecified atom stereocenters. The number of carbonyl (C=O) groups excluding carboxylic acids is 1. The Kier molecular flexibility index (Phi) is 4.97. The summed E-state index contributed by atoms with van der Waals surface area (Å²) in [6.45, 7) is 4.04. The Morgan fingerprint density at radius 2 is 1.79 bits per heavy atom. The highest BCUT2D eigenvalue weighted by Crippen LogP contribution is 2.30. The van der Waals surface area contributed by atoms with Crippen molar-refractivity contribution in [2.75, 3.05) is 44.7 Å². The van der Waals surface area contributed by atoms with Crippen LogP contribution in [0.15, 0.2) is 18.3 Å². The maximum atomic E-state index is 12.9. The van der Waals surface area contributed by atoms with Crippen molar-refractivity contribution in [2.45, 2.75) is 19.1 Å². The number of fused-ring (bicyclic) bond motifs is 1. The monoisotopic (exact) mass is 408 g/mol. The predicted molar refractivity (Wildman–Crippen MR) is 101 cm³/mol. The first-order valence-electron chi connectivity index (χ1n) is 9.54. The smallest absolute Gasteiger partial charge is 0.350 e. The van der Waals surface area contributed by atoms with Gasteiger partial charge in [0.25, 0.3) is 5.91 Å². The second-order valence-corrected chi connectivity index (χ2v) is 7.56. The average Bonchev–Trinajstić information content (AvgIpc) is 3.03. The van der Waals surface area contributed by atoms with E-state index in [-0.39, 0.29) is 5.91 Å². The van der Waals surface area contributed by atoms with Crippen molar-refractivity contribution < 1.29 is 18.0 Å². The van der Waals surface area contributed by atoms with E-state index in [1.54, 1.807) is 0 Å². The third-order valence-corrected chi connectivity index (χ3v) is 5.64. The summed E-state index contributed by atoms with van der Waals surface area (Å²) in [4.78, 5) is 27.4. The highest BCUT2D eigenvalue weighted by atomic mass is 19.4. The molecule has 2 aromatic rings. The second-order valence-electron chi connectivity index (χ2n) is 7.56. The van der Waals surface area contributed by atoms with Crippen LogP contribution in [0, 0.1) is 0 Å². The number of rotatable bonds is 2. The lowest BCUT2D eigenvalue weighted by Crippen LogP contribution is -2.47. The van der Waals surface area contributed by atoms with Crippen LogP contribution in [-0.2, 0) is 26.2 Å². The van der Waals surface area contributed by atoms with Crippen molar-refractivity contribution in [1.29, 1.82) is 0 Å². The molecule has 4 rings (SSSR count). The van der Waals surface area contributed by atoms with Gasteiger partial charge in [0.05, 0.1) is 17.8 Å². The van der Waals surface area contributed by atoms with Crippen LogP contribution in [0.5, 0.6) is 0 Å². The molecule has 0 N–H and O–H groups in total. The predicted octanol–water partition coefficient (Wildman–Crippen LogP) is 1.78. The van der Waals surface area contributed by atoms with Crippen molar-refractivity contribution in [3.8, 4) is 0 Å². The molecule has 1 fully saturated rings. The Bertz CT molecular complexity index is 900. The summed E-state index contributed by atoms with van der Waals surface area (Å²) in [5.74, 6) is 0.817. The summed E-state index contributed by atoms with van der Waals surface area (Å²) in [7, 11) is 3.88. The zero-order valence-corrected chi connectivity index (χ0v) is 16.4. The fraction of sp³-hybridized carbons (Fsp3) is 0.526. The van der Waals surface area contributed by atoms with Gasteiger partial charge in [-0.2, -0.15) is 13.2 Å². The number of piperazine rings is 1. The van der Waals surface area contributed by atoms with E-state index in [1.165, 1.54) is 6.07 Å². The van der Waals surface area contributed by atoms with Crippen molar-refractivity contribution in [3.05, 3.63) is 41.1 Å². The van der Waals surface area contributed by atoms with Crippen molar-refractivity contribution in [1.82, 2.24) is 24.3 Å². The Morgan fingerprint density at radius 3 is 2.41 bits per heavy atom. The van der Waals surface area contributed by atoms with Crippen LogP contribution in [0.2, 0.25) is 0 Å². The van der Waals surface area contributed by atoms with Gasteiger partial charge in [0.15, 0.2) is 5.82 Å². The van der Waals surface area contributed by atoms with Gasteiger partial charge < -0.3 is 19.3 Å². The van der Waals surface area contributed by atoms with Crippen molar-refractivity contribution in [3.63, 3.8) is 0 Å². The number of aromatic nitrogens is 3. The Balaban J connectivity index is 1.51. The molecule has 4 heterocycles. The number of likely N-dealkylation sites (N-methyl/N-ethyl adjacent to an activating group) is 1. The quantitative estimate of drug-likeness (QED) is 0.758. The Hall–Kier alpha value is -2.62. The van der Waals surface area contributed by atoms with E-state index in [2.05, 4.69) is 14.9 Å². The second kappa shape index (κ2) is 7.33. The lowest BCUT2D eigenvalue weighted by Gasteiger charge is -2.32. The summed E-state index contributed by atoms with van der Waals surface area (Å²) >= 11 is 0. The van der Waals surface area contributed by atoms with E-state index < -0.39 is 11.7 Å². The molecule has 0 aliphatic carbocycles. The van der Waals surface area contributed by atoms with Crippen LogP contribution < -0.4 is 4.90 Å². The van der Waals surface area contributed by atoms with Gasteiger partial charge >= 0.3 is 6.18 Å². The molecule has 0 radical (unpaired) electrons. The minimum atomic E-state index is -4.40. The fourth-order valence-electron chi connectivity index (χ4n) is 3.81. The molecule has 1 amide bonds. The van der Waals surface area contributed by atoms with Crippen molar-refractivity contribution >= 4 is 11.7 Å². The van der Waals surface area contributed by atoms with Crippen LogP contribution in [0.3, 0.4) is 0 Å². The van der Waals surface area contributed by atoms with E-state index in [0.717, 1.165) is 36.7 Å². The zero-order chi connectivity index (χ0) is 20.8. The molecule has 2 aliphatic heterocycles. The van der Waals surface area contributed by atoms with E-state index in [9.17, 15) is 18.0 Å². The molecule has 156 valence electrons. The summed E-state index contributed by atoms with van der Waals surface area (Å²) < 4.78 is 40.1. The SMILES string of the molecule is CN1CCN(C(=O)c2nc3c(n2C)CCN(c2ccc(C(F)(F)F)cn2)C3)CC1. The third kappa shape index (κ3) is 3.81. The first kappa shape index (κ1) is 19.7. The Morgan fingerprint density at radius 1 is 1.07 bits per heavy atom. The summed E-state index contributed by atoms with van der Waals surface area (Å²) in [6.07, 6.45) is -2.90. The number of pyridine rings is 1. The molecule has 2 aliphatic rings. The van der Waals surface area contributed by atoms with Crippen LogP contribution in [0.1, 0.15) is 27.6 Å². The van der Waals surface area contributed by atoms with Gasteiger partial charge in [-0.3, -0.25) is 4.79 Å². The molecule has 10 heteroatoms. The van der Waals surface area contributed by atoms with Crippen LogP contribution in [0.25, 0.3) is 0 Å². The standard InChI is InChI=1S/C19H23F3N6O/c1-25-7-9-27(10-8-25)18(29)17-24-14-12-28(6-5-15(14)26(17)2)16-4-3-13(11-23-16)19(20,21)22/h3-4,11H,5-10,12H2,1-2H3. The van der Waals surface area contributed by atoms with Gasteiger partial charge in [-0.25, -0.2) is 9.97 Å². The van der Waals surface area contributed by atoms with Gasteiger partial charge in [0, 0.05) is 58.1 Å². The number of amides is 1. The summed E-state index contributed by atoms with van der Waals surface area (Å²) in [6, 6.07) is 2.42. The number of halogens is 3. The number of carbonyl (C=O) groups is 1. The van der Waals surface area contributed by atoms with Crippen LogP contribution in [-0.4, -0.2) is 70.0 Å². The minimum absolute atomic E-state index is 0.0748. The maximum absolute atomic E-state index is 12.9. The topological polar surface area (TPSA) is 57.5 Å². The molecular weight excluding hydrogens is 385 g/mol. The number of alkyl halides is 3. The molecule has 0 atom stereocenters. The molecule has 2 aromatic heterocycles. The first-order valence-corrected chi connectivity index (χ1v) is 9.54. The van der Waals surface area contributed by atoms with E-state index in [4.69, 9.17) is 0 Å². The van der Waals surface area contributed by atoms with Gasteiger partial charge in [-0.05, 0) is 19.2 Å². The molecule has 7 nitrogen and oxygen atoms in total. The fourth-order valence-corrected chi connectivity index (χ4v) is 3.81. The summed E-state index contributed by atoms with van der Waals surface area (Å²) in [5, 5.41) is 0. The lowest BCUT2D eigenvalue weighted by atomic mass is 10.1. The molecule has 0 aromatic carbocycles. The minimum Gasteiger partial charge on any atom is -0.350 e. The van der Waals surface area contributed by atoms with Gasteiger partial charge in [0.2, 0.25) is 0 Å². The number of hydrogen-bond donors (Lipinski definition) is 0. The van der Waals surface area contributed by atoms with E-state index >= 15 is 0 Å². The van der Waals surface area contributed by atoms with Gasteiger partial charge in [-0.1, -0.05) is 0 Å². The van der Waals surface area contributed by atoms with Crippen LogP contribution >= 0.6 is 0 Å². The number of hydrogen-bond acceptors (Lipinski definition) is 5. The molecule has 29 heavy (non-hydrogen) atoms. The number of anilines is 1. The number of imidazole rings is 1. The van der Waals surface area contributed by atoms with Crippen LogP contribution in [0.4, 0.5) is 19.0 Å². The van der Waals surface area contributed by atoms with E-state index in [1.807, 2.05) is 28.5 Å². The van der Waals surface area contributed by atoms with E-state index in [0.29, 0.717) is 44.2 Å². The maximum Gasteiger partial charge on any atom is 0.417 e. The highest BCUT2D eigenvalue weighted by molar-refractivity contribution is 5.91. The molecule has 1 saturated heterocycles. The van der Waals surface area contributed by atoms with Gasteiger partial charge in [-0.15, -0.1) is 0 Å². The highest BCUT2D eigenvalue weighted by Gasteiger charge is 2.32. The summed E-state index contributed by atoms with van der Waals surface area (Å²) in [5.41, 5.74) is 1.00. The number of nitrogens with zero attached hydrogens (tertiary/aromatic N) is 6. The molecular formula is C19H23F3N6O. The largest absolute Gasteiger partial charge is 0.417 e. The lowest BCUT2D eigenvalue weighted by molar-refractivity contribution is -0.137. The average molecular weight is 408 g/mol. The molecule has 0 saturated carbocycles. The Labute approximate surface area is 166 Å². The third-order valence-electron chi connectivity index (χ3n) is 5.64. The molecule has 0 bridgehead atoms. The molecule has 0 spiro atoms.